The fraction of sp³-hybridized carbons (Fsp3) is 0.208. The fourth-order valence-electron chi connectivity index (χ4n) is 3.75. The number of benzene rings is 2. The normalized spacial score (nSPS) is 10.9. The number of carbonyl (C=O) groups is 2. The number of amides is 3. The molecule has 0 bridgehead atoms. The Morgan fingerprint density at radius 1 is 0.970 bits per heavy atom. The zero-order valence-corrected chi connectivity index (χ0v) is 18.8. The molecular formula is C24H24N6O3. The molecule has 0 aliphatic carbocycles. The molecule has 0 radical (unpaired) electrons. The van der Waals surface area contributed by atoms with Crippen LogP contribution in [0.4, 0.5) is 10.5 Å². The Labute approximate surface area is 190 Å². The summed E-state index contributed by atoms with van der Waals surface area (Å²) in [6.45, 7) is 7.43. The summed E-state index contributed by atoms with van der Waals surface area (Å²) in [4.78, 5) is 41.8. The highest BCUT2D eigenvalue weighted by molar-refractivity contribution is 6.01. The lowest BCUT2D eigenvalue weighted by molar-refractivity contribution is -0.120. The first-order valence-corrected chi connectivity index (χ1v) is 10.4. The average molecular weight is 444 g/mol. The van der Waals surface area contributed by atoms with Gasteiger partial charge in [-0.15, -0.1) is 0 Å². The van der Waals surface area contributed by atoms with E-state index in [1.165, 1.54) is 12.5 Å². The van der Waals surface area contributed by atoms with Gasteiger partial charge in [0.1, 0.15) is 18.3 Å². The van der Waals surface area contributed by atoms with Gasteiger partial charge in [0, 0.05) is 5.69 Å². The van der Waals surface area contributed by atoms with E-state index in [2.05, 4.69) is 20.7 Å². The van der Waals surface area contributed by atoms with Crippen LogP contribution in [0.2, 0.25) is 0 Å². The van der Waals surface area contributed by atoms with Crippen molar-refractivity contribution >= 4 is 28.7 Å². The third kappa shape index (κ3) is 4.67. The van der Waals surface area contributed by atoms with Crippen LogP contribution in [0.25, 0.3) is 16.7 Å². The monoisotopic (exact) mass is 444 g/mol. The molecule has 3 amide bonds. The molecule has 0 unspecified atom stereocenters. The molecule has 2 N–H and O–H groups in total. The highest BCUT2D eigenvalue weighted by Gasteiger charge is 2.15. The van der Waals surface area contributed by atoms with Gasteiger partial charge in [-0.3, -0.25) is 19.5 Å². The van der Waals surface area contributed by atoms with Crippen molar-refractivity contribution in [2.24, 2.45) is 0 Å². The number of nitrogens with zero attached hydrogens (tertiary/aromatic N) is 4. The summed E-state index contributed by atoms with van der Waals surface area (Å²) in [7, 11) is 0. The summed E-state index contributed by atoms with van der Waals surface area (Å²) < 4.78 is 2.74. The summed E-state index contributed by atoms with van der Waals surface area (Å²) in [5, 5.41) is 9.48. The van der Waals surface area contributed by atoms with Crippen LogP contribution in [0, 0.1) is 27.7 Å². The molecule has 9 nitrogen and oxygen atoms in total. The number of urea groups is 1. The second kappa shape index (κ2) is 8.70. The van der Waals surface area contributed by atoms with E-state index in [-0.39, 0.29) is 11.9 Å². The van der Waals surface area contributed by atoms with Gasteiger partial charge in [-0.05, 0) is 62.6 Å². The minimum absolute atomic E-state index is 0.282. The Balaban J connectivity index is 1.51. The number of hydrogen-bond acceptors (Lipinski definition) is 5. The van der Waals surface area contributed by atoms with Crippen LogP contribution in [-0.4, -0.2) is 31.3 Å². The van der Waals surface area contributed by atoms with Gasteiger partial charge in [-0.1, -0.05) is 23.8 Å². The smallest absolute Gasteiger partial charge is 0.307 e. The lowest BCUT2D eigenvalue weighted by Crippen LogP contribution is -2.38. The van der Waals surface area contributed by atoms with Gasteiger partial charge >= 0.3 is 6.03 Å². The van der Waals surface area contributed by atoms with Gasteiger partial charge in [-0.2, -0.15) is 5.10 Å². The van der Waals surface area contributed by atoms with Crippen LogP contribution in [0.1, 0.15) is 22.3 Å². The van der Waals surface area contributed by atoms with Crippen LogP contribution in [0.15, 0.2) is 53.7 Å². The molecular weight excluding hydrogens is 420 g/mol. The van der Waals surface area contributed by atoms with E-state index in [0.717, 1.165) is 32.5 Å². The third-order valence-corrected chi connectivity index (χ3v) is 5.20. The predicted molar refractivity (Wildman–Crippen MR) is 126 cm³/mol. The first-order valence-electron chi connectivity index (χ1n) is 10.4. The molecule has 0 saturated heterocycles. The van der Waals surface area contributed by atoms with Gasteiger partial charge in [-0.25, -0.2) is 14.5 Å². The minimum Gasteiger partial charge on any atom is -0.307 e. The fourth-order valence-corrected chi connectivity index (χ4v) is 3.75. The molecule has 4 aromatic rings. The number of imide groups is 1. The minimum atomic E-state index is -0.670. The Morgan fingerprint density at radius 3 is 2.39 bits per heavy atom. The van der Waals surface area contributed by atoms with E-state index >= 15 is 0 Å². The summed E-state index contributed by atoms with van der Waals surface area (Å²) in [5.74, 6) is -0.637. The first kappa shape index (κ1) is 21.9. The number of anilines is 1. The van der Waals surface area contributed by atoms with E-state index in [1.54, 1.807) is 10.7 Å². The topological polar surface area (TPSA) is 111 Å². The molecule has 4 rings (SSSR count). The molecule has 0 aliphatic rings. The number of hydrogen-bond donors (Lipinski definition) is 2. The van der Waals surface area contributed by atoms with Crippen molar-refractivity contribution in [1.29, 1.82) is 0 Å². The molecule has 0 atom stereocenters. The summed E-state index contributed by atoms with van der Waals surface area (Å²) in [6, 6.07) is 10.8. The lowest BCUT2D eigenvalue weighted by Gasteiger charge is -2.10. The standard InChI is InChI=1S/C24H24N6O3/c1-14-5-6-20(17(4)8-14)27-24(33)28-21(31)12-29-13-25-22-19(23(29)32)11-26-30(22)18-9-15(2)7-16(3)10-18/h5-11,13H,12H2,1-4H3,(H2,27,28,31,33). The third-order valence-electron chi connectivity index (χ3n) is 5.20. The summed E-state index contributed by atoms with van der Waals surface area (Å²) in [6.07, 6.45) is 2.72. The van der Waals surface area contributed by atoms with Crippen LogP contribution < -0.4 is 16.2 Å². The average Bonchev–Trinajstić information content (AvgIpc) is 3.16. The predicted octanol–water partition coefficient (Wildman–Crippen LogP) is 3.16. The van der Waals surface area contributed by atoms with E-state index in [0.29, 0.717) is 11.3 Å². The van der Waals surface area contributed by atoms with Gasteiger partial charge in [0.2, 0.25) is 5.91 Å². The van der Waals surface area contributed by atoms with Crippen molar-refractivity contribution in [3.63, 3.8) is 0 Å². The summed E-state index contributed by atoms with van der Waals surface area (Å²) >= 11 is 0. The van der Waals surface area contributed by atoms with Crippen LogP contribution in [0.3, 0.4) is 0 Å². The van der Waals surface area contributed by atoms with Crippen molar-refractivity contribution in [1.82, 2.24) is 24.6 Å². The van der Waals surface area contributed by atoms with E-state index in [9.17, 15) is 14.4 Å². The molecule has 0 aliphatic heterocycles. The maximum absolute atomic E-state index is 12.9. The van der Waals surface area contributed by atoms with Crippen molar-refractivity contribution in [2.45, 2.75) is 34.2 Å². The number of nitrogens with one attached hydrogen (secondary N) is 2. The molecule has 168 valence electrons. The van der Waals surface area contributed by atoms with Gasteiger partial charge < -0.3 is 5.32 Å². The lowest BCUT2D eigenvalue weighted by atomic mass is 10.1. The molecule has 2 aromatic carbocycles. The molecule has 33 heavy (non-hydrogen) atoms. The van der Waals surface area contributed by atoms with Crippen molar-refractivity contribution < 1.29 is 9.59 Å². The second-order valence-electron chi connectivity index (χ2n) is 8.14. The van der Waals surface area contributed by atoms with Crippen molar-refractivity contribution in [3.8, 4) is 5.69 Å². The molecule has 0 fully saturated rings. The zero-order chi connectivity index (χ0) is 23.7. The number of aromatic nitrogens is 4. The Kier molecular flexibility index (Phi) is 5.78. The Hall–Kier alpha value is -4.27. The highest BCUT2D eigenvalue weighted by atomic mass is 16.2. The zero-order valence-electron chi connectivity index (χ0n) is 18.8. The molecule has 9 heteroatoms. The SMILES string of the molecule is Cc1cc(C)cc(-n2ncc3c(=O)n(CC(=O)NC(=O)Nc4ccc(C)cc4C)cnc32)c1. The maximum Gasteiger partial charge on any atom is 0.325 e. The number of rotatable bonds is 4. The van der Waals surface area contributed by atoms with Crippen LogP contribution >= 0.6 is 0 Å². The number of fused-ring (bicyclic) bond motifs is 1. The molecule has 0 spiro atoms. The van der Waals surface area contributed by atoms with Crippen molar-refractivity contribution in [2.75, 3.05) is 5.32 Å². The first-order chi connectivity index (χ1) is 15.7. The van der Waals surface area contributed by atoms with Crippen LogP contribution in [0.5, 0.6) is 0 Å². The van der Waals surface area contributed by atoms with Gasteiger partial charge in [0.25, 0.3) is 5.56 Å². The number of carbonyl (C=O) groups excluding carboxylic acids is 2. The second-order valence-corrected chi connectivity index (χ2v) is 8.14. The van der Waals surface area contributed by atoms with E-state index in [4.69, 9.17) is 0 Å². The molecule has 0 saturated carbocycles. The Morgan fingerprint density at radius 2 is 1.70 bits per heavy atom. The van der Waals surface area contributed by atoms with E-state index in [1.807, 2.05) is 58.0 Å². The maximum atomic E-state index is 12.9. The largest absolute Gasteiger partial charge is 0.325 e. The molecule has 2 heterocycles. The quantitative estimate of drug-likeness (QED) is 0.502. The molecule has 2 aromatic heterocycles. The van der Waals surface area contributed by atoms with E-state index < -0.39 is 17.5 Å². The van der Waals surface area contributed by atoms with Gasteiger partial charge in [0.05, 0.1) is 11.9 Å². The Bertz CT molecular complexity index is 1430. The van der Waals surface area contributed by atoms with Crippen LogP contribution in [-0.2, 0) is 11.3 Å². The summed E-state index contributed by atoms with van der Waals surface area (Å²) in [5.41, 5.74) is 5.46. The van der Waals surface area contributed by atoms with Gasteiger partial charge in [0.15, 0.2) is 5.65 Å². The number of aryl methyl sites for hydroxylation is 4. The van der Waals surface area contributed by atoms with Crippen molar-refractivity contribution in [3.05, 3.63) is 81.5 Å². The highest BCUT2D eigenvalue weighted by Crippen LogP contribution is 2.17.